The van der Waals surface area contributed by atoms with Gasteiger partial charge in [0.2, 0.25) is 0 Å². The largest absolute Gasteiger partial charge is 0.493 e. The van der Waals surface area contributed by atoms with Crippen LogP contribution in [0.15, 0.2) is 55.0 Å². The van der Waals surface area contributed by atoms with Gasteiger partial charge in [0.05, 0.1) is 36.3 Å². The number of hydrogen-bond acceptors (Lipinski definition) is 8. The second-order valence-electron chi connectivity index (χ2n) is 11.0. The van der Waals surface area contributed by atoms with E-state index in [4.69, 9.17) is 9.72 Å². The van der Waals surface area contributed by atoms with Crippen molar-refractivity contribution in [3.63, 3.8) is 0 Å². The second kappa shape index (κ2) is 12.2. The van der Waals surface area contributed by atoms with Gasteiger partial charge in [0.1, 0.15) is 11.6 Å². The summed E-state index contributed by atoms with van der Waals surface area (Å²) in [6, 6.07) is 11.0. The highest BCUT2D eigenvalue weighted by atomic mass is 16.5. The number of carboxylic acids is 1. The highest BCUT2D eigenvalue weighted by Crippen LogP contribution is 2.29. The maximum atomic E-state index is 13.2. The number of benzene rings is 1. The number of anilines is 1. The molecule has 2 aliphatic heterocycles. The molecule has 218 valence electrons. The molecule has 0 spiro atoms. The van der Waals surface area contributed by atoms with Gasteiger partial charge in [-0.1, -0.05) is 6.07 Å². The van der Waals surface area contributed by atoms with E-state index in [1.807, 2.05) is 30.1 Å². The van der Waals surface area contributed by atoms with Crippen molar-refractivity contribution in [3.8, 4) is 5.75 Å². The van der Waals surface area contributed by atoms with Gasteiger partial charge in [-0.05, 0) is 61.3 Å². The van der Waals surface area contributed by atoms with E-state index in [0.29, 0.717) is 43.0 Å². The Morgan fingerprint density at radius 1 is 1.07 bits per heavy atom. The maximum Gasteiger partial charge on any atom is 0.305 e. The van der Waals surface area contributed by atoms with E-state index in [9.17, 15) is 14.7 Å². The van der Waals surface area contributed by atoms with E-state index in [2.05, 4.69) is 32.4 Å². The number of rotatable bonds is 9. The summed E-state index contributed by atoms with van der Waals surface area (Å²) in [5, 5.41) is 18.5. The number of aromatic nitrogens is 4. The molecule has 1 aromatic carbocycles. The lowest BCUT2D eigenvalue weighted by Gasteiger charge is -2.32. The molecule has 0 aliphatic carbocycles. The molecule has 1 fully saturated rings. The third-order valence-corrected chi connectivity index (χ3v) is 7.99. The zero-order valence-electron chi connectivity index (χ0n) is 23.7. The Labute approximate surface area is 244 Å². The summed E-state index contributed by atoms with van der Waals surface area (Å²) < 4.78 is 7.73. The van der Waals surface area contributed by atoms with E-state index in [-0.39, 0.29) is 12.3 Å². The molecule has 0 radical (unpaired) electrons. The fraction of sp³-hybridized carbons (Fsp3) is 0.387. The first kappa shape index (κ1) is 27.6. The van der Waals surface area contributed by atoms with Crippen LogP contribution in [-0.4, -0.2) is 92.9 Å². The standard InChI is InChI=1S/C31H35N7O4/c1-36-10-12-37(13-11-36)31(41)24-15-22(18-32-19-24)28(17-29(39)40)38-27-7-6-26(16-23(27)20-34-38)42-14-8-25-5-4-21-3-2-9-33-30(21)35-25/h4-7,15-16,18-20,28H,2-3,8-14,17H2,1H3,(H,33,35)(H,39,40). The molecule has 5 heterocycles. The predicted molar refractivity (Wildman–Crippen MR) is 158 cm³/mol. The summed E-state index contributed by atoms with van der Waals surface area (Å²) >= 11 is 0. The van der Waals surface area contributed by atoms with Crippen molar-refractivity contribution in [2.75, 3.05) is 51.7 Å². The van der Waals surface area contributed by atoms with E-state index in [1.165, 1.54) is 5.56 Å². The van der Waals surface area contributed by atoms with Crippen molar-refractivity contribution in [1.82, 2.24) is 29.5 Å². The lowest BCUT2D eigenvalue weighted by atomic mass is 10.0. The van der Waals surface area contributed by atoms with Crippen molar-refractivity contribution in [2.45, 2.75) is 31.7 Å². The molecular formula is C31H35N7O4. The van der Waals surface area contributed by atoms with Gasteiger partial charge in [0.15, 0.2) is 0 Å². The number of carbonyl (C=O) groups excluding carboxylic acids is 1. The molecule has 11 heteroatoms. The summed E-state index contributed by atoms with van der Waals surface area (Å²) in [7, 11) is 2.04. The number of amides is 1. The van der Waals surface area contributed by atoms with Gasteiger partial charge in [-0.15, -0.1) is 0 Å². The molecule has 1 amide bonds. The first-order chi connectivity index (χ1) is 20.4. The number of piperazine rings is 1. The Bertz CT molecular complexity index is 1600. The Balaban J connectivity index is 1.18. The molecule has 2 aliphatic rings. The van der Waals surface area contributed by atoms with Crippen molar-refractivity contribution >= 4 is 28.6 Å². The fourth-order valence-corrected chi connectivity index (χ4v) is 5.61. The molecule has 3 aromatic heterocycles. The Morgan fingerprint density at radius 3 is 2.76 bits per heavy atom. The molecule has 42 heavy (non-hydrogen) atoms. The van der Waals surface area contributed by atoms with Crippen LogP contribution in [0, 0.1) is 0 Å². The zero-order chi connectivity index (χ0) is 29.1. The first-order valence-electron chi connectivity index (χ1n) is 14.4. The Kier molecular flexibility index (Phi) is 8.00. The number of aryl methyl sites for hydroxylation is 1. The van der Waals surface area contributed by atoms with Gasteiger partial charge in [-0.2, -0.15) is 5.10 Å². The number of pyridine rings is 2. The second-order valence-corrected chi connectivity index (χ2v) is 11.0. The van der Waals surface area contributed by atoms with Gasteiger partial charge in [-0.3, -0.25) is 19.3 Å². The molecule has 0 saturated carbocycles. The topological polar surface area (TPSA) is 126 Å². The van der Waals surface area contributed by atoms with Crippen LogP contribution < -0.4 is 10.1 Å². The number of hydrogen-bond donors (Lipinski definition) is 2. The van der Waals surface area contributed by atoms with Crippen LogP contribution in [0.5, 0.6) is 5.75 Å². The number of carbonyl (C=O) groups is 2. The smallest absolute Gasteiger partial charge is 0.305 e. The number of likely N-dealkylation sites (N-methyl/N-ethyl adjacent to an activating group) is 1. The number of nitrogens with one attached hydrogen (secondary N) is 1. The van der Waals surface area contributed by atoms with E-state index in [1.54, 1.807) is 29.3 Å². The molecule has 11 nitrogen and oxygen atoms in total. The van der Waals surface area contributed by atoms with Crippen molar-refractivity contribution in [2.24, 2.45) is 0 Å². The molecule has 4 aromatic rings. The molecule has 2 N–H and O–H groups in total. The summed E-state index contributed by atoms with van der Waals surface area (Å²) in [6.45, 7) is 4.35. The SMILES string of the molecule is CN1CCN(C(=O)c2cncc(C(CC(=O)O)n3ncc4cc(OCCc5ccc6c(n5)NCCC6)ccc43)c2)CC1. The van der Waals surface area contributed by atoms with Gasteiger partial charge >= 0.3 is 5.97 Å². The molecule has 0 bridgehead atoms. The number of aliphatic carboxylic acids is 1. The summed E-state index contributed by atoms with van der Waals surface area (Å²) in [4.78, 5) is 38.1. The summed E-state index contributed by atoms with van der Waals surface area (Å²) in [6.07, 6.45) is 7.54. The Morgan fingerprint density at radius 2 is 1.93 bits per heavy atom. The van der Waals surface area contributed by atoms with E-state index in [0.717, 1.165) is 54.9 Å². The monoisotopic (exact) mass is 569 g/mol. The highest BCUT2D eigenvalue weighted by molar-refractivity contribution is 5.94. The Hall–Kier alpha value is -4.51. The molecule has 1 saturated heterocycles. The van der Waals surface area contributed by atoms with Gasteiger partial charge in [0, 0.05) is 62.6 Å². The lowest BCUT2D eigenvalue weighted by Crippen LogP contribution is -2.47. The maximum absolute atomic E-state index is 13.2. The third-order valence-electron chi connectivity index (χ3n) is 7.99. The fourth-order valence-electron chi connectivity index (χ4n) is 5.61. The van der Waals surface area contributed by atoms with Gasteiger partial charge in [-0.25, -0.2) is 4.98 Å². The van der Waals surface area contributed by atoms with Crippen molar-refractivity contribution in [1.29, 1.82) is 0 Å². The number of carboxylic acid groups (broad SMARTS) is 1. The minimum Gasteiger partial charge on any atom is -0.493 e. The highest BCUT2D eigenvalue weighted by Gasteiger charge is 2.25. The first-order valence-corrected chi connectivity index (χ1v) is 14.4. The van der Waals surface area contributed by atoms with E-state index < -0.39 is 12.0 Å². The third kappa shape index (κ3) is 6.06. The summed E-state index contributed by atoms with van der Waals surface area (Å²) in [5.41, 5.74) is 4.08. The van der Waals surface area contributed by atoms with Crippen LogP contribution in [0.25, 0.3) is 10.9 Å². The van der Waals surface area contributed by atoms with Crippen LogP contribution in [0.4, 0.5) is 5.82 Å². The van der Waals surface area contributed by atoms with Gasteiger partial charge < -0.3 is 25.0 Å². The van der Waals surface area contributed by atoms with Gasteiger partial charge in [0.25, 0.3) is 5.91 Å². The van der Waals surface area contributed by atoms with Crippen LogP contribution in [0.3, 0.4) is 0 Å². The normalized spacial score (nSPS) is 16.1. The number of fused-ring (bicyclic) bond motifs is 2. The van der Waals surface area contributed by atoms with E-state index >= 15 is 0 Å². The van der Waals surface area contributed by atoms with Crippen LogP contribution in [0.1, 0.15) is 46.1 Å². The van der Waals surface area contributed by atoms with Crippen LogP contribution >= 0.6 is 0 Å². The van der Waals surface area contributed by atoms with Crippen LogP contribution in [-0.2, 0) is 17.6 Å². The lowest BCUT2D eigenvalue weighted by molar-refractivity contribution is -0.137. The predicted octanol–water partition coefficient (Wildman–Crippen LogP) is 3.26. The number of nitrogens with zero attached hydrogens (tertiary/aromatic N) is 6. The van der Waals surface area contributed by atoms with Crippen molar-refractivity contribution < 1.29 is 19.4 Å². The van der Waals surface area contributed by atoms with Crippen molar-refractivity contribution in [3.05, 3.63) is 77.4 Å². The quantitative estimate of drug-likeness (QED) is 0.312. The average molecular weight is 570 g/mol. The minimum atomic E-state index is -0.967. The molecule has 1 unspecified atom stereocenters. The molecule has 6 rings (SSSR count). The zero-order valence-corrected chi connectivity index (χ0v) is 23.7. The number of ether oxygens (including phenoxy) is 1. The minimum absolute atomic E-state index is 0.0968. The average Bonchev–Trinajstić information content (AvgIpc) is 3.43. The molecular weight excluding hydrogens is 534 g/mol. The molecule has 1 atom stereocenters. The van der Waals surface area contributed by atoms with Crippen LogP contribution in [0.2, 0.25) is 0 Å². The summed E-state index contributed by atoms with van der Waals surface area (Å²) in [5.74, 6) is 0.619.